The molecule has 70 valence electrons. The molecule has 0 amide bonds. The molecule has 1 unspecified atom stereocenters. The van der Waals surface area contributed by atoms with E-state index in [4.69, 9.17) is 27.9 Å². The third-order valence-corrected chi connectivity index (χ3v) is 3.16. The topological polar surface area (TPSA) is 9.23 Å². The second-order valence-corrected chi connectivity index (χ2v) is 4.84. The SMILES string of the molecule is COc1cccc(C2CC2(Cl)Cl)c1. The zero-order valence-electron chi connectivity index (χ0n) is 7.26. The predicted molar refractivity (Wildman–Crippen MR) is 54.8 cm³/mol. The molecular formula is C10H10Cl2O. The van der Waals surface area contributed by atoms with E-state index in [9.17, 15) is 0 Å². The molecule has 1 atom stereocenters. The fourth-order valence-corrected chi connectivity index (χ4v) is 1.99. The van der Waals surface area contributed by atoms with E-state index in [1.54, 1.807) is 7.11 Å². The average molecular weight is 217 g/mol. The van der Waals surface area contributed by atoms with Crippen LogP contribution < -0.4 is 4.74 Å². The summed E-state index contributed by atoms with van der Waals surface area (Å²) in [5.74, 6) is 1.12. The maximum Gasteiger partial charge on any atom is 0.125 e. The van der Waals surface area contributed by atoms with Gasteiger partial charge in [0.15, 0.2) is 0 Å². The standard InChI is InChI=1S/C10H10Cl2O/c1-13-8-4-2-3-7(5-8)9-6-10(9,11)12/h2-5,9H,6H2,1H3. The van der Waals surface area contributed by atoms with Crippen molar-refractivity contribution in [2.24, 2.45) is 0 Å². The largest absolute Gasteiger partial charge is 0.497 e. The first kappa shape index (κ1) is 9.17. The lowest BCUT2D eigenvalue weighted by atomic mass is 10.1. The van der Waals surface area contributed by atoms with Crippen LogP contribution in [-0.2, 0) is 0 Å². The molecule has 0 spiro atoms. The van der Waals surface area contributed by atoms with Crippen molar-refractivity contribution in [2.45, 2.75) is 16.7 Å². The Balaban J connectivity index is 2.23. The lowest BCUT2D eigenvalue weighted by molar-refractivity contribution is 0.414. The van der Waals surface area contributed by atoms with Crippen molar-refractivity contribution >= 4 is 23.2 Å². The van der Waals surface area contributed by atoms with Crippen LogP contribution in [0, 0.1) is 0 Å². The zero-order chi connectivity index (χ0) is 9.47. The second-order valence-electron chi connectivity index (χ2n) is 3.29. The Morgan fingerprint density at radius 1 is 1.46 bits per heavy atom. The maximum atomic E-state index is 5.96. The van der Waals surface area contributed by atoms with E-state index in [0.717, 1.165) is 17.7 Å². The fraction of sp³-hybridized carbons (Fsp3) is 0.400. The number of halogens is 2. The van der Waals surface area contributed by atoms with Crippen LogP contribution in [0.15, 0.2) is 24.3 Å². The third kappa shape index (κ3) is 1.77. The van der Waals surface area contributed by atoms with Gasteiger partial charge < -0.3 is 4.74 Å². The van der Waals surface area contributed by atoms with E-state index >= 15 is 0 Å². The Kier molecular flexibility index (Phi) is 2.17. The van der Waals surface area contributed by atoms with Gasteiger partial charge >= 0.3 is 0 Å². The lowest BCUT2D eigenvalue weighted by Crippen LogP contribution is -1.90. The second kappa shape index (κ2) is 3.07. The van der Waals surface area contributed by atoms with Crippen molar-refractivity contribution in [3.05, 3.63) is 29.8 Å². The number of benzene rings is 1. The van der Waals surface area contributed by atoms with E-state index in [1.807, 2.05) is 24.3 Å². The van der Waals surface area contributed by atoms with Gasteiger partial charge in [0.2, 0.25) is 0 Å². The van der Waals surface area contributed by atoms with Crippen molar-refractivity contribution in [3.63, 3.8) is 0 Å². The summed E-state index contributed by atoms with van der Waals surface area (Å²) in [4.78, 5) is 0. The van der Waals surface area contributed by atoms with Gasteiger partial charge in [0.05, 0.1) is 7.11 Å². The van der Waals surface area contributed by atoms with Crippen LogP contribution in [0.2, 0.25) is 0 Å². The molecule has 1 nitrogen and oxygen atoms in total. The molecule has 1 aliphatic rings. The van der Waals surface area contributed by atoms with Crippen molar-refractivity contribution in [3.8, 4) is 5.75 Å². The van der Waals surface area contributed by atoms with Gasteiger partial charge in [-0.25, -0.2) is 0 Å². The molecule has 0 bridgehead atoms. The Hall–Kier alpha value is -0.400. The van der Waals surface area contributed by atoms with Crippen LogP contribution in [0.1, 0.15) is 17.9 Å². The van der Waals surface area contributed by atoms with Gasteiger partial charge in [-0.15, -0.1) is 23.2 Å². The summed E-state index contributed by atoms with van der Waals surface area (Å²) >= 11 is 11.9. The van der Waals surface area contributed by atoms with Crippen molar-refractivity contribution < 1.29 is 4.74 Å². The maximum absolute atomic E-state index is 5.96. The van der Waals surface area contributed by atoms with Crippen LogP contribution in [0.25, 0.3) is 0 Å². The molecule has 13 heavy (non-hydrogen) atoms. The number of ether oxygens (including phenoxy) is 1. The first-order chi connectivity index (χ1) is 6.13. The summed E-state index contributed by atoms with van der Waals surface area (Å²) in [6, 6.07) is 7.88. The first-order valence-electron chi connectivity index (χ1n) is 4.15. The fourth-order valence-electron chi connectivity index (χ4n) is 1.43. The molecule has 0 aliphatic heterocycles. The van der Waals surface area contributed by atoms with Crippen LogP contribution in [0.4, 0.5) is 0 Å². The molecule has 0 radical (unpaired) electrons. The molecule has 1 fully saturated rings. The number of hydrogen-bond donors (Lipinski definition) is 0. The highest BCUT2D eigenvalue weighted by Gasteiger charge is 2.52. The van der Waals surface area contributed by atoms with Gasteiger partial charge in [-0.2, -0.15) is 0 Å². The van der Waals surface area contributed by atoms with Crippen molar-refractivity contribution in [2.75, 3.05) is 7.11 Å². The number of hydrogen-bond acceptors (Lipinski definition) is 1. The van der Waals surface area contributed by atoms with Gasteiger partial charge in [0.25, 0.3) is 0 Å². The summed E-state index contributed by atoms with van der Waals surface area (Å²) in [5.41, 5.74) is 1.16. The molecule has 0 aromatic heterocycles. The minimum atomic E-state index is -0.549. The number of alkyl halides is 2. The van der Waals surface area contributed by atoms with Crippen LogP contribution in [0.5, 0.6) is 5.75 Å². The van der Waals surface area contributed by atoms with Crippen LogP contribution in [-0.4, -0.2) is 11.4 Å². The zero-order valence-corrected chi connectivity index (χ0v) is 8.77. The van der Waals surface area contributed by atoms with E-state index in [-0.39, 0.29) is 5.92 Å². The monoisotopic (exact) mass is 216 g/mol. The molecule has 2 rings (SSSR count). The van der Waals surface area contributed by atoms with Crippen molar-refractivity contribution in [1.29, 1.82) is 0 Å². The van der Waals surface area contributed by atoms with Gasteiger partial charge in [-0.1, -0.05) is 12.1 Å². The summed E-state index contributed by atoms with van der Waals surface area (Å²) in [5, 5.41) is 0. The summed E-state index contributed by atoms with van der Waals surface area (Å²) in [6.07, 6.45) is 0.837. The lowest BCUT2D eigenvalue weighted by Gasteiger charge is -2.03. The van der Waals surface area contributed by atoms with E-state index in [1.165, 1.54) is 0 Å². The predicted octanol–water partition coefficient (Wildman–Crippen LogP) is 3.36. The molecule has 1 aromatic carbocycles. The molecule has 0 N–H and O–H groups in total. The van der Waals surface area contributed by atoms with Crippen LogP contribution in [0.3, 0.4) is 0 Å². The normalized spacial score (nSPS) is 24.1. The number of methoxy groups -OCH3 is 1. The molecule has 1 aliphatic carbocycles. The summed E-state index contributed by atoms with van der Waals surface area (Å²) < 4.78 is 4.57. The quantitative estimate of drug-likeness (QED) is 0.690. The smallest absolute Gasteiger partial charge is 0.125 e. The third-order valence-electron chi connectivity index (χ3n) is 2.32. The average Bonchev–Trinajstić information content (AvgIpc) is 2.76. The molecule has 0 heterocycles. The Bertz CT molecular complexity index is 322. The van der Waals surface area contributed by atoms with Crippen molar-refractivity contribution in [1.82, 2.24) is 0 Å². The van der Waals surface area contributed by atoms with Crippen LogP contribution >= 0.6 is 23.2 Å². The Morgan fingerprint density at radius 3 is 2.69 bits per heavy atom. The Morgan fingerprint density at radius 2 is 2.15 bits per heavy atom. The highest BCUT2D eigenvalue weighted by Crippen LogP contribution is 2.59. The molecular weight excluding hydrogens is 207 g/mol. The van der Waals surface area contributed by atoms with E-state index in [0.29, 0.717) is 0 Å². The summed E-state index contributed by atoms with van der Waals surface area (Å²) in [7, 11) is 1.65. The van der Waals surface area contributed by atoms with E-state index < -0.39 is 4.33 Å². The highest BCUT2D eigenvalue weighted by molar-refractivity contribution is 6.51. The van der Waals surface area contributed by atoms with E-state index in [2.05, 4.69) is 0 Å². The molecule has 3 heteroatoms. The highest BCUT2D eigenvalue weighted by atomic mass is 35.5. The minimum absolute atomic E-state index is 0.269. The van der Waals surface area contributed by atoms with Gasteiger partial charge in [-0.05, 0) is 24.1 Å². The Labute approximate surface area is 87.6 Å². The number of rotatable bonds is 2. The van der Waals surface area contributed by atoms with Gasteiger partial charge in [-0.3, -0.25) is 0 Å². The van der Waals surface area contributed by atoms with Gasteiger partial charge in [0, 0.05) is 5.92 Å². The molecule has 1 aromatic rings. The first-order valence-corrected chi connectivity index (χ1v) is 4.91. The molecule has 0 saturated heterocycles. The minimum Gasteiger partial charge on any atom is -0.497 e. The summed E-state index contributed by atoms with van der Waals surface area (Å²) in [6.45, 7) is 0. The molecule has 1 saturated carbocycles. The van der Waals surface area contributed by atoms with Gasteiger partial charge in [0.1, 0.15) is 10.1 Å².